The van der Waals surface area contributed by atoms with Crippen LogP contribution < -0.4 is 4.43 Å². The first-order valence-corrected chi connectivity index (χ1v) is 13.3. The van der Waals surface area contributed by atoms with E-state index in [1.807, 2.05) is 0 Å². The number of fused-ring (bicyclic) bond motifs is 1. The Morgan fingerprint density at radius 2 is 1.56 bits per heavy atom. The predicted molar refractivity (Wildman–Crippen MR) is 84.7 cm³/mol. The van der Waals surface area contributed by atoms with Crippen LogP contribution >= 0.6 is 0 Å². The zero-order valence-electron chi connectivity index (χ0n) is 12.2. The number of aromatic nitrogens is 1. The molecule has 4 heteroatoms. The highest BCUT2D eigenvalue weighted by Crippen LogP contribution is 2.30. The Bertz CT molecular complexity index is 561. The van der Waals surface area contributed by atoms with E-state index in [-0.39, 0.29) is 0 Å². The topological polar surface area (TPSA) is 14.2 Å². The lowest BCUT2D eigenvalue weighted by molar-refractivity contribution is 0.529. The quantitative estimate of drug-likeness (QED) is 0.751. The molecular weight excluding hydrogens is 254 g/mol. The molecule has 2 rings (SSSR count). The lowest BCUT2D eigenvalue weighted by Crippen LogP contribution is -2.36. The van der Waals surface area contributed by atoms with Gasteiger partial charge in [0.2, 0.25) is 8.32 Å². The van der Waals surface area contributed by atoms with Gasteiger partial charge in [0, 0.05) is 17.0 Å². The fourth-order valence-electron chi connectivity index (χ4n) is 2.21. The Morgan fingerprint density at radius 1 is 0.944 bits per heavy atom. The zero-order chi connectivity index (χ0) is 13.6. The van der Waals surface area contributed by atoms with Gasteiger partial charge in [-0.1, -0.05) is 37.8 Å². The van der Waals surface area contributed by atoms with Crippen molar-refractivity contribution < 1.29 is 4.43 Å². The van der Waals surface area contributed by atoms with Gasteiger partial charge >= 0.3 is 0 Å². The summed E-state index contributed by atoms with van der Waals surface area (Å²) in [5.41, 5.74) is 1.31. The van der Waals surface area contributed by atoms with Crippen molar-refractivity contribution in [3.63, 3.8) is 0 Å². The molecule has 1 heterocycles. The van der Waals surface area contributed by atoms with E-state index < -0.39 is 16.6 Å². The van der Waals surface area contributed by atoms with Crippen molar-refractivity contribution in [2.24, 2.45) is 0 Å². The van der Waals surface area contributed by atoms with E-state index in [0.717, 1.165) is 5.88 Å². The summed E-state index contributed by atoms with van der Waals surface area (Å²) in [6.07, 6.45) is 0. The minimum atomic E-state index is -1.57. The highest BCUT2D eigenvalue weighted by molar-refractivity contribution is 6.76. The molecule has 0 unspecified atom stereocenters. The van der Waals surface area contributed by atoms with Crippen LogP contribution in [0.5, 0.6) is 5.88 Å². The first-order valence-electron chi connectivity index (χ1n) is 6.48. The highest BCUT2D eigenvalue weighted by Gasteiger charge is 2.26. The summed E-state index contributed by atoms with van der Waals surface area (Å²) < 4.78 is 8.73. The molecule has 0 spiro atoms. The standard InChI is InChI=1S/C14H23NOSi2/c1-17(2,3)15-13-10-8-7-9-12(13)11-14(15)16-18(4,5)6/h7-11H,1-6H3. The Kier molecular flexibility index (Phi) is 3.19. The lowest BCUT2D eigenvalue weighted by Gasteiger charge is -2.27. The van der Waals surface area contributed by atoms with Crippen molar-refractivity contribution in [3.8, 4) is 5.88 Å². The van der Waals surface area contributed by atoms with E-state index in [1.165, 1.54) is 10.9 Å². The number of hydrogen-bond donors (Lipinski definition) is 0. The molecule has 0 saturated carbocycles. The molecule has 0 fully saturated rings. The van der Waals surface area contributed by atoms with Crippen LogP contribution in [0.4, 0.5) is 0 Å². The smallest absolute Gasteiger partial charge is 0.244 e. The van der Waals surface area contributed by atoms with Crippen LogP contribution in [0.3, 0.4) is 0 Å². The largest absolute Gasteiger partial charge is 0.533 e. The fraction of sp³-hybridized carbons (Fsp3) is 0.429. The number of nitrogens with zero attached hydrogens (tertiary/aromatic N) is 1. The van der Waals surface area contributed by atoms with Crippen LogP contribution in [0, 0.1) is 0 Å². The first kappa shape index (κ1) is 13.4. The summed E-state index contributed by atoms with van der Waals surface area (Å²) in [7, 11) is -3.05. The highest BCUT2D eigenvalue weighted by atomic mass is 28.4. The van der Waals surface area contributed by atoms with Gasteiger partial charge in [-0.2, -0.15) is 0 Å². The van der Waals surface area contributed by atoms with Crippen molar-refractivity contribution in [1.82, 2.24) is 4.23 Å². The molecule has 1 aromatic carbocycles. The number of rotatable bonds is 3. The average Bonchev–Trinajstić information content (AvgIpc) is 2.50. The van der Waals surface area contributed by atoms with Crippen molar-refractivity contribution in [2.45, 2.75) is 39.3 Å². The van der Waals surface area contributed by atoms with E-state index >= 15 is 0 Å². The Morgan fingerprint density at radius 3 is 2.11 bits per heavy atom. The van der Waals surface area contributed by atoms with Gasteiger partial charge in [0.15, 0.2) is 14.1 Å². The van der Waals surface area contributed by atoms with Gasteiger partial charge in [0.25, 0.3) is 0 Å². The molecule has 0 saturated heterocycles. The second-order valence-corrected chi connectivity index (χ2v) is 16.0. The molecule has 18 heavy (non-hydrogen) atoms. The zero-order valence-corrected chi connectivity index (χ0v) is 14.2. The van der Waals surface area contributed by atoms with E-state index in [4.69, 9.17) is 4.43 Å². The molecule has 2 nitrogen and oxygen atoms in total. The monoisotopic (exact) mass is 277 g/mol. The molecular formula is C14H23NOSi2. The van der Waals surface area contributed by atoms with Crippen LogP contribution in [-0.2, 0) is 0 Å². The fourth-order valence-corrected chi connectivity index (χ4v) is 4.78. The predicted octanol–water partition coefficient (Wildman–Crippen LogP) is 4.54. The van der Waals surface area contributed by atoms with Gasteiger partial charge in [-0.3, -0.25) is 0 Å². The third kappa shape index (κ3) is 2.70. The molecule has 0 atom stereocenters. The van der Waals surface area contributed by atoms with Crippen LogP contribution in [0.2, 0.25) is 39.3 Å². The third-order valence-electron chi connectivity index (χ3n) is 2.76. The molecule has 0 amide bonds. The second kappa shape index (κ2) is 4.28. The maximum Gasteiger partial charge on any atom is 0.244 e. The maximum atomic E-state index is 6.28. The number of para-hydroxylation sites is 1. The van der Waals surface area contributed by atoms with Crippen molar-refractivity contribution in [3.05, 3.63) is 30.3 Å². The van der Waals surface area contributed by atoms with Crippen LogP contribution in [0.25, 0.3) is 10.9 Å². The van der Waals surface area contributed by atoms with Crippen LogP contribution in [-0.4, -0.2) is 20.8 Å². The second-order valence-electron chi connectivity index (χ2n) is 6.76. The van der Waals surface area contributed by atoms with Gasteiger partial charge in [-0.25, -0.2) is 0 Å². The normalized spacial score (nSPS) is 13.0. The van der Waals surface area contributed by atoms with Gasteiger partial charge in [-0.15, -0.1) is 0 Å². The lowest BCUT2D eigenvalue weighted by atomic mass is 10.3. The Hall–Kier alpha value is -1.01. The van der Waals surface area contributed by atoms with Gasteiger partial charge in [0.1, 0.15) is 0 Å². The van der Waals surface area contributed by atoms with Crippen molar-refractivity contribution >= 4 is 27.5 Å². The first-order chi connectivity index (χ1) is 8.18. The molecule has 1 aromatic heterocycles. The number of benzene rings is 1. The summed E-state index contributed by atoms with van der Waals surface area (Å²) in [5.74, 6) is 1.06. The van der Waals surface area contributed by atoms with E-state index in [2.05, 4.69) is 73.8 Å². The van der Waals surface area contributed by atoms with Gasteiger partial charge in [0.05, 0.1) is 0 Å². The molecule has 0 bridgehead atoms. The summed E-state index contributed by atoms with van der Waals surface area (Å²) in [4.78, 5) is 0. The van der Waals surface area contributed by atoms with Crippen LogP contribution in [0.15, 0.2) is 30.3 Å². The van der Waals surface area contributed by atoms with Crippen molar-refractivity contribution in [2.75, 3.05) is 0 Å². The van der Waals surface area contributed by atoms with E-state index in [9.17, 15) is 0 Å². The van der Waals surface area contributed by atoms with Crippen molar-refractivity contribution in [1.29, 1.82) is 0 Å². The summed E-state index contributed by atoms with van der Waals surface area (Å²) in [6, 6.07) is 10.8. The number of hydrogen-bond acceptors (Lipinski definition) is 1. The molecule has 98 valence electrons. The minimum absolute atomic E-state index is 1.06. The third-order valence-corrected chi connectivity index (χ3v) is 5.38. The molecule has 2 aromatic rings. The maximum absolute atomic E-state index is 6.28. The van der Waals surface area contributed by atoms with E-state index in [0.29, 0.717) is 0 Å². The van der Waals surface area contributed by atoms with Gasteiger partial charge in [-0.05, 0) is 25.7 Å². The minimum Gasteiger partial charge on any atom is -0.533 e. The van der Waals surface area contributed by atoms with Crippen LogP contribution in [0.1, 0.15) is 0 Å². The summed E-state index contributed by atoms with van der Waals surface area (Å²) in [6.45, 7) is 13.8. The summed E-state index contributed by atoms with van der Waals surface area (Å²) in [5, 5.41) is 1.29. The molecule has 0 aliphatic rings. The van der Waals surface area contributed by atoms with Gasteiger partial charge < -0.3 is 8.66 Å². The SMILES string of the molecule is C[Si](C)(C)Oc1cc2ccccc2n1[Si](C)(C)C. The molecule has 0 aliphatic heterocycles. The molecule has 0 aliphatic carbocycles. The molecule has 0 radical (unpaired) electrons. The molecule has 0 N–H and O–H groups in total. The summed E-state index contributed by atoms with van der Waals surface area (Å²) >= 11 is 0. The Balaban J connectivity index is 2.65. The average molecular weight is 278 g/mol. The van der Waals surface area contributed by atoms with E-state index in [1.54, 1.807) is 0 Å². The Labute approximate surface area is 112 Å².